The lowest BCUT2D eigenvalue weighted by Crippen LogP contribution is -2.41. The van der Waals surface area contributed by atoms with Gasteiger partial charge in [-0.15, -0.1) is 0 Å². The molecule has 0 bridgehead atoms. The highest BCUT2D eigenvalue weighted by molar-refractivity contribution is 6.62. The number of nitrogens with zero attached hydrogens (tertiary/aromatic N) is 10. The lowest BCUT2D eigenvalue weighted by atomic mass is 9.79. The monoisotopic (exact) mass is 1540 g/mol. The summed E-state index contributed by atoms with van der Waals surface area (Å²) < 4.78 is 12.4. The van der Waals surface area contributed by atoms with Gasteiger partial charge in [-0.1, -0.05) is 382 Å². The fourth-order valence-electron chi connectivity index (χ4n) is 13.8. The molecule has 1 aliphatic rings. The van der Waals surface area contributed by atoms with Crippen LogP contribution in [0, 0.1) is 0 Å². The van der Waals surface area contributed by atoms with Crippen molar-refractivity contribution in [2.75, 3.05) is 0 Å². The number of benzene rings is 14. The summed E-state index contributed by atoms with van der Waals surface area (Å²) in [5, 5.41) is 0.646. The smallest absolute Gasteiger partial charge is 0.399 e. The number of rotatable bonds is 16. The second-order valence-electron chi connectivity index (χ2n) is 29.5. The maximum Gasteiger partial charge on any atom is 0.494 e. The highest BCUT2D eigenvalue weighted by Gasteiger charge is 2.51. The molecule has 1 aliphatic heterocycles. The third-order valence-corrected chi connectivity index (χ3v) is 21.2. The van der Waals surface area contributed by atoms with E-state index < -0.39 is 0 Å². The third-order valence-electron chi connectivity index (χ3n) is 20.9. The Morgan fingerprint density at radius 1 is 0.186 bits per heavy atom. The fourth-order valence-corrected chi connectivity index (χ4v) is 14.0. The van der Waals surface area contributed by atoms with Gasteiger partial charge in [-0.3, -0.25) is 0 Å². The van der Waals surface area contributed by atoms with E-state index in [2.05, 4.69) is 204 Å². The van der Waals surface area contributed by atoms with Gasteiger partial charge in [0.25, 0.3) is 0 Å². The highest BCUT2D eigenvalue weighted by atomic mass is 35.5. The van der Waals surface area contributed by atoms with Gasteiger partial charge in [0.2, 0.25) is 0 Å². The van der Waals surface area contributed by atoms with Crippen molar-refractivity contribution >= 4 is 24.2 Å². The normalized spacial score (nSPS) is 12.5. The molecule has 0 unspecified atom stereocenters. The molecule has 19 rings (SSSR count). The predicted molar refractivity (Wildman–Crippen MR) is 480 cm³/mol. The van der Waals surface area contributed by atoms with Crippen LogP contribution in [0.25, 0.3) is 170 Å². The van der Waals surface area contributed by atoms with E-state index in [0.717, 1.165) is 112 Å². The molecule has 566 valence electrons. The summed E-state index contributed by atoms with van der Waals surface area (Å²) in [5.74, 6) is 5.16. The lowest BCUT2D eigenvalue weighted by Gasteiger charge is -2.32. The quantitative estimate of drug-likeness (QED) is 0.0848. The van der Waals surface area contributed by atoms with Crippen LogP contribution in [-0.4, -0.2) is 68.2 Å². The van der Waals surface area contributed by atoms with Gasteiger partial charge in [0, 0.05) is 71.8 Å². The summed E-state index contributed by atoms with van der Waals surface area (Å²) in [4.78, 5) is 48.8. The highest BCUT2D eigenvalue weighted by Crippen LogP contribution is 2.39. The standard InChI is InChI=1S/C49H33N5.C28H27BN2O2.C27H18ClN3/c1-5-14-34(15-6-1)35-24-28-37(29-25-35)44-33-45(51-46(50-44)39-16-7-2-8-17-39)38-30-26-36(27-31-38)42-22-13-23-43(32-42)49-53-47(40-18-9-3-10-19-40)52-48(54-49)41-20-11-4-12-21-41;1-27(2)28(3,4)33-29(32-27)23-17-15-21(16-18-23)25-19-24(20-11-7-5-8-12-20)30-26(31-25)22-13-9-6-10-14-22;28-24-13-7-12-23(18-24)27-30-25(21-10-5-2-6-11-21)29-26(31-27)22-16-14-20(15-17-22)19-8-3-1-4-9-19/h1-33H;5-19H,1-4H3;1-18H. The van der Waals surface area contributed by atoms with Crippen LogP contribution >= 0.6 is 11.6 Å². The van der Waals surface area contributed by atoms with Crippen molar-refractivity contribution in [2.45, 2.75) is 38.9 Å². The number of hydrogen-bond acceptors (Lipinski definition) is 12. The molecule has 0 atom stereocenters. The van der Waals surface area contributed by atoms with Crippen molar-refractivity contribution in [1.29, 1.82) is 0 Å². The van der Waals surface area contributed by atoms with Crippen molar-refractivity contribution in [1.82, 2.24) is 49.8 Å². The van der Waals surface area contributed by atoms with E-state index in [1.165, 1.54) is 16.7 Å². The zero-order valence-electron chi connectivity index (χ0n) is 65.3. The first-order valence-electron chi connectivity index (χ1n) is 39.2. The zero-order valence-corrected chi connectivity index (χ0v) is 66.1. The van der Waals surface area contributed by atoms with E-state index in [1.807, 2.05) is 224 Å². The van der Waals surface area contributed by atoms with Gasteiger partial charge in [-0.05, 0) is 96.9 Å². The Balaban J connectivity index is 0.000000134. The molecule has 18 aromatic rings. The van der Waals surface area contributed by atoms with Gasteiger partial charge in [-0.2, -0.15) is 0 Å². The van der Waals surface area contributed by atoms with Crippen LogP contribution in [0.5, 0.6) is 0 Å². The summed E-state index contributed by atoms with van der Waals surface area (Å²) in [5.41, 5.74) is 22.2. The SMILES string of the molecule is CC1(C)OB(c2ccc(-c3cc(-c4ccccc4)nc(-c4ccccc4)n3)cc2)OC1(C)C.Clc1cccc(-c2nc(-c3ccccc3)nc(-c3ccc(-c4ccccc4)cc3)n2)c1.c1ccc(-c2ccc(-c3cc(-c4ccc(-c5cccc(-c6nc(-c7ccccc7)nc(-c7ccccc7)n6)c5)cc4)nc(-c4ccccc4)n3)cc2)cc1. The minimum atomic E-state index is -0.380. The van der Waals surface area contributed by atoms with Crippen LogP contribution in [0.4, 0.5) is 0 Å². The second kappa shape index (κ2) is 34.7. The van der Waals surface area contributed by atoms with Crippen LogP contribution in [-0.2, 0) is 9.31 Å². The fraction of sp³-hybridized carbons (Fsp3) is 0.0577. The molecule has 0 N–H and O–H groups in total. The first-order valence-corrected chi connectivity index (χ1v) is 39.6. The molecule has 0 amide bonds. The molecule has 4 aromatic heterocycles. The second-order valence-corrected chi connectivity index (χ2v) is 29.9. The molecule has 0 radical (unpaired) electrons. The van der Waals surface area contributed by atoms with Gasteiger partial charge >= 0.3 is 7.12 Å². The van der Waals surface area contributed by atoms with E-state index >= 15 is 0 Å². The van der Waals surface area contributed by atoms with Gasteiger partial charge < -0.3 is 9.31 Å². The molecule has 14 heteroatoms. The summed E-state index contributed by atoms with van der Waals surface area (Å²) in [7, 11) is -0.380. The van der Waals surface area contributed by atoms with E-state index in [-0.39, 0.29) is 18.3 Å². The summed E-state index contributed by atoms with van der Waals surface area (Å²) in [6.45, 7) is 8.27. The average Bonchev–Trinajstić information content (AvgIpc) is 1.63. The van der Waals surface area contributed by atoms with Crippen molar-refractivity contribution in [3.05, 3.63) is 405 Å². The largest absolute Gasteiger partial charge is 0.494 e. The molecule has 1 fully saturated rings. The molecule has 5 heterocycles. The van der Waals surface area contributed by atoms with Crippen molar-refractivity contribution < 1.29 is 9.31 Å². The van der Waals surface area contributed by atoms with E-state index in [0.29, 0.717) is 51.6 Å². The summed E-state index contributed by atoms with van der Waals surface area (Å²) in [6.07, 6.45) is 0. The van der Waals surface area contributed by atoms with E-state index in [4.69, 9.17) is 70.7 Å². The summed E-state index contributed by atoms with van der Waals surface area (Å²) >= 11 is 6.21. The topological polar surface area (TPSA) is 147 Å². The Kier molecular flexibility index (Phi) is 22.4. The Hall–Kier alpha value is -14.5. The van der Waals surface area contributed by atoms with Gasteiger partial charge in [-0.25, -0.2) is 49.8 Å². The van der Waals surface area contributed by atoms with Gasteiger partial charge in [0.1, 0.15) is 0 Å². The maximum absolute atomic E-state index is 6.21. The minimum absolute atomic E-state index is 0.363. The molecule has 0 saturated carbocycles. The third kappa shape index (κ3) is 17.7. The Labute approximate surface area is 692 Å². The molecule has 12 nitrogen and oxygen atoms in total. The number of aromatic nitrogens is 10. The Morgan fingerprint density at radius 3 is 0.712 bits per heavy atom. The lowest BCUT2D eigenvalue weighted by molar-refractivity contribution is 0.00578. The van der Waals surface area contributed by atoms with E-state index in [1.54, 1.807) is 0 Å². The van der Waals surface area contributed by atoms with Crippen LogP contribution in [0.3, 0.4) is 0 Å². The van der Waals surface area contributed by atoms with Crippen molar-refractivity contribution in [2.24, 2.45) is 0 Å². The zero-order chi connectivity index (χ0) is 80.2. The van der Waals surface area contributed by atoms with Crippen LogP contribution in [0.1, 0.15) is 27.7 Å². The van der Waals surface area contributed by atoms with E-state index in [9.17, 15) is 0 Å². The predicted octanol–water partition coefficient (Wildman–Crippen LogP) is 25.0. The molecule has 14 aromatic carbocycles. The average molecular weight is 1550 g/mol. The molecule has 0 aliphatic carbocycles. The van der Waals surface area contributed by atoms with Crippen molar-refractivity contribution in [3.63, 3.8) is 0 Å². The Bertz CT molecular complexity index is 6320. The van der Waals surface area contributed by atoms with Crippen LogP contribution in [0.2, 0.25) is 5.02 Å². The first-order chi connectivity index (χ1) is 57.8. The number of hydrogen-bond donors (Lipinski definition) is 0. The maximum atomic E-state index is 6.21. The minimum Gasteiger partial charge on any atom is -0.399 e. The molecule has 1 saturated heterocycles. The summed E-state index contributed by atoms with van der Waals surface area (Å²) in [6, 6.07) is 135. The molecular formula is C104H78BClN10O2. The molecule has 118 heavy (non-hydrogen) atoms. The molecule has 0 spiro atoms. The Morgan fingerprint density at radius 2 is 0.390 bits per heavy atom. The van der Waals surface area contributed by atoms with Crippen molar-refractivity contribution in [3.8, 4) is 170 Å². The van der Waals surface area contributed by atoms with Gasteiger partial charge in [0.15, 0.2) is 46.6 Å². The first kappa shape index (κ1) is 76.2. The van der Waals surface area contributed by atoms with Crippen LogP contribution < -0.4 is 5.46 Å². The molecular weight excluding hydrogens is 1470 g/mol. The van der Waals surface area contributed by atoms with Crippen LogP contribution in [0.15, 0.2) is 400 Å². The number of halogens is 1. The van der Waals surface area contributed by atoms with Gasteiger partial charge in [0.05, 0.1) is 34.0 Å².